The number of hydrogen-bond acceptors (Lipinski definition) is 2. The second-order valence-corrected chi connectivity index (χ2v) is 4.70. The lowest BCUT2D eigenvalue weighted by atomic mass is 10.0. The summed E-state index contributed by atoms with van der Waals surface area (Å²) in [6, 6.07) is 13.6. The molecule has 3 nitrogen and oxygen atoms in total. The van der Waals surface area contributed by atoms with Crippen LogP contribution in [-0.4, -0.2) is 5.91 Å². The number of nitrogens with two attached hydrogens (primary N) is 1. The third-order valence-corrected chi connectivity index (χ3v) is 3.12. The van der Waals surface area contributed by atoms with Gasteiger partial charge in [0.2, 0.25) is 5.91 Å². The Balaban J connectivity index is 2.03. The first-order chi connectivity index (χ1) is 9.58. The van der Waals surface area contributed by atoms with Crippen molar-refractivity contribution in [2.24, 2.45) is 5.73 Å². The molecule has 0 radical (unpaired) electrons. The van der Waals surface area contributed by atoms with E-state index in [0.29, 0.717) is 5.56 Å². The van der Waals surface area contributed by atoms with Gasteiger partial charge in [0.25, 0.3) is 0 Å². The molecule has 0 aliphatic rings. The first kappa shape index (κ1) is 14.2. The highest BCUT2D eigenvalue weighted by Crippen LogP contribution is 2.20. The molecule has 0 aromatic heterocycles. The number of anilines is 1. The Hall–Kier alpha value is -2.20. The highest BCUT2D eigenvalue weighted by Gasteiger charge is 2.14. The molecule has 0 aliphatic heterocycles. The largest absolute Gasteiger partial charge is 0.324 e. The van der Waals surface area contributed by atoms with Gasteiger partial charge in [-0.1, -0.05) is 42.5 Å². The first-order valence-electron chi connectivity index (χ1n) is 6.43. The average Bonchev–Trinajstić information content (AvgIpc) is 2.44. The van der Waals surface area contributed by atoms with E-state index in [1.807, 2.05) is 30.3 Å². The van der Waals surface area contributed by atoms with Crippen molar-refractivity contribution in [3.8, 4) is 0 Å². The maximum absolute atomic E-state index is 13.6. The second-order valence-electron chi connectivity index (χ2n) is 4.70. The van der Waals surface area contributed by atoms with E-state index in [4.69, 9.17) is 5.73 Å². The van der Waals surface area contributed by atoms with Gasteiger partial charge < -0.3 is 11.1 Å². The van der Waals surface area contributed by atoms with Crippen molar-refractivity contribution in [3.63, 3.8) is 0 Å². The first-order valence-corrected chi connectivity index (χ1v) is 6.43. The third kappa shape index (κ3) is 3.42. The minimum atomic E-state index is -0.438. The molecule has 0 spiro atoms. The molecule has 2 rings (SSSR count). The van der Waals surface area contributed by atoms with Gasteiger partial charge in [-0.05, 0) is 24.1 Å². The van der Waals surface area contributed by atoms with E-state index in [1.165, 1.54) is 6.07 Å². The summed E-state index contributed by atoms with van der Waals surface area (Å²) in [5.74, 6) is -0.735. The van der Waals surface area contributed by atoms with Crippen molar-refractivity contribution < 1.29 is 9.18 Å². The van der Waals surface area contributed by atoms with Crippen LogP contribution in [0.3, 0.4) is 0 Å². The molecule has 2 aromatic carbocycles. The van der Waals surface area contributed by atoms with Gasteiger partial charge in [0.15, 0.2) is 0 Å². The Morgan fingerprint density at radius 1 is 1.20 bits per heavy atom. The van der Waals surface area contributed by atoms with E-state index in [0.717, 1.165) is 5.56 Å². The monoisotopic (exact) mass is 272 g/mol. The molecule has 2 aromatic rings. The number of nitrogens with one attached hydrogen (secondary N) is 1. The van der Waals surface area contributed by atoms with Crippen LogP contribution >= 0.6 is 0 Å². The zero-order chi connectivity index (χ0) is 14.5. The quantitative estimate of drug-likeness (QED) is 0.898. The number of para-hydroxylation sites is 1. The molecule has 1 atom stereocenters. The predicted molar refractivity (Wildman–Crippen MR) is 77.8 cm³/mol. The molecule has 20 heavy (non-hydrogen) atoms. The normalized spacial score (nSPS) is 11.9. The SMILES string of the molecule is Cc1cccc(F)c1NC(=O)CC(N)c1ccccc1. The number of benzene rings is 2. The maximum Gasteiger partial charge on any atom is 0.226 e. The van der Waals surface area contributed by atoms with Gasteiger partial charge in [-0.15, -0.1) is 0 Å². The number of rotatable bonds is 4. The lowest BCUT2D eigenvalue weighted by Crippen LogP contribution is -2.21. The lowest BCUT2D eigenvalue weighted by molar-refractivity contribution is -0.116. The summed E-state index contributed by atoms with van der Waals surface area (Å²) in [6.07, 6.45) is 0.109. The summed E-state index contributed by atoms with van der Waals surface area (Å²) < 4.78 is 13.6. The van der Waals surface area contributed by atoms with Crippen molar-refractivity contribution >= 4 is 11.6 Å². The molecule has 1 amide bonds. The van der Waals surface area contributed by atoms with Crippen LogP contribution in [-0.2, 0) is 4.79 Å². The van der Waals surface area contributed by atoms with Crippen LogP contribution in [0, 0.1) is 12.7 Å². The van der Waals surface area contributed by atoms with E-state index in [-0.39, 0.29) is 18.0 Å². The highest BCUT2D eigenvalue weighted by atomic mass is 19.1. The van der Waals surface area contributed by atoms with Crippen molar-refractivity contribution in [2.45, 2.75) is 19.4 Å². The van der Waals surface area contributed by atoms with Gasteiger partial charge in [0, 0.05) is 12.5 Å². The van der Waals surface area contributed by atoms with Gasteiger partial charge in [-0.25, -0.2) is 4.39 Å². The molecule has 0 saturated heterocycles. The Bertz CT molecular complexity index is 578. The Morgan fingerprint density at radius 2 is 1.90 bits per heavy atom. The van der Waals surface area contributed by atoms with Crippen LogP contribution in [0.4, 0.5) is 10.1 Å². The zero-order valence-electron chi connectivity index (χ0n) is 11.3. The number of halogens is 1. The number of amides is 1. The number of carbonyl (C=O) groups is 1. The van der Waals surface area contributed by atoms with Crippen molar-refractivity contribution in [1.82, 2.24) is 0 Å². The average molecular weight is 272 g/mol. The highest BCUT2D eigenvalue weighted by molar-refractivity contribution is 5.92. The van der Waals surface area contributed by atoms with Crippen LogP contribution < -0.4 is 11.1 Å². The minimum absolute atomic E-state index is 0.109. The van der Waals surface area contributed by atoms with Crippen LogP contribution in [0.5, 0.6) is 0 Å². The molecule has 0 bridgehead atoms. The van der Waals surface area contributed by atoms with Crippen LogP contribution in [0.2, 0.25) is 0 Å². The topological polar surface area (TPSA) is 55.1 Å². The summed E-state index contributed by atoms with van der Waals surface area (Å²) in [7, 11) is 0. The van der Waals surface area contributed by atoms with E-state index >= 15 is 0 Å². The molecule has 4 heteroatoms. The number of aryl methyl sites for hydroxylation is 1. The van der Waals surface area contributed by atoms with E-state index in [9.17, 15) is 9.18 Å². The number of carbonyl (C=O) groups excluding carboxylic acids is 1. The van der Waals surface area contributed by atoms with E-state index in [1.54, 1.807) is 19.1 Å². The van der Waals surface area contributed by atoms with Gasteiger partial charge >= 0.3 is 0 Å². The summed E-state index contributed by atoms with van der Waals surface area (Å²) in [5.41, 5.74) is 7.76. The van der Waals surface area contributed by atoms with E-state index in [2.05, 4.69) is 5.32 Å². The molecular formula is C16H17FN2O. The summed E-state index contributed by atoms with van der Waals surface area (Å²) in [6.45, 7) is 1.75. The van der Waals surface area contributed by atoms with Crippen LogP contribution in [0.1, 0.15) is 23.6 Å². The molecule has 104 valence electrons. The summed E-state index contributed by atoms with van der Waals surface area (Å²) in [5, 5.41) is 2.59. The lowest BCUT2D eigenvalue weighted by Gasteiger charge is -2.13. The molecule has 3 N–H and O–H groups in total. The molecule has 0 fully saturated rings. The molecule has 0 saturated carbocycles. The van der Waals surface area contributed by atoms with E-state index < -0.39 is 11.9 Å². The maximum atomic E-state index is 13.6. The Labute approximate surface area is 117 Å². The van der Waals surface area contributed by atoms with Gasteiger partial charge in [0.05, 0.1) is 5.69 Å². The third-order valence-electron chi connectivity index (χ3n) is 3.12. The Kier molecular flexibility index (Phi) is 4.48. The molecule has 0 aliphatic carbocycles. The fourth-order valence-corrected chi connectivity index (χ4v) is 2.00. The van der Waals surface area contributed by atoms with Crippen molar-refractivity contribution in [3.05, 3.63) is 65.5 Å². The minimum Gasteiger partial charge on any atom is -0.324 e. The fraction of sp³-hybridized carbons (Fsp3) is 0.188. The predicted octanol–water partition coefficient (Wildman–Crippen LogP) is 3.16. The smallest absolute Gasteiger partial charge is 0.226 e. The zero-order valence-corrected chi connectivity index (χ0v) is 11.3. The standard InChI is InChI=1S/C16H17FN2O/c1-11-6-5-9-13(17)16(11)19-15(20)10-14(18)12-7-3-2-4-8-12/h2-9,14H,10,18H2,1H3,(H,19,20). The second kappa shape index (κ2) is 6.30. The summed E-state index contributed by atoms with van der Waals surface area (Å²) in [4.78, 5) is 11.9. The Morgan fingerprint density at radius 3 is 2.55 bits per heavy atom. The summed E-state index contributed by atoms with van der Waals surface area (Å²) >= 11 is 0. The molecule has 0 heterocycles. The van der Waals surface area contributed by atoms with Crippen molar-refractivity contribution in [1.29, 1.82) is 0 Å². The van der Waals surface area contributed by atoms with Gasteiger partial charge in [-0.3, -0.25) is 4.79 Å². The van der Waals surface area contributed by atoms with Gasteiger partial charge in [-0.2, -0.15) is 0 Å². The van der Waals surface area contributed by atoms with Crippen LogP contribution in [0.25, 0.3) is 0 Å². The molecular weight excluding hydrogens is 255 g/mol. The number of hydrogen-bond donors (Lipinski definition) is 2. The fourth-order valence-electron chi connectivity index (χ4n) is 2.00. The van der Waals surface area contributed by atoms with Crippen LogP contribution in [0.15, 0.2) is 48.5 Å². The molecule has 1 unspecified atom stereocenters. The van der Waals surface area contributed by atoms with Crippen molar-refractivity contribution in [2.75, 3.05) is 5.32 Å². The van der Waals surface area contributed by atoms with Gasteiger partial charge in [0.1, 0.15) is 5.82 Å².